The number of ether oxygens (including phenoxy) is 1. The summed E-state index contributed by atoms with van der Waals surface area (Å²) in [5.74, 6) is -2.32. The molecule has 9 nitrogen and oxygen atoms in total. The van der Waals surface area contributed by atoms with Gasteiger partial charge in [0.1, 0.15) is 17.0 Å². The number of nitrogens with zero attached hydrogens (tertiary/aromatic N) is 4. The van der Waals surface area contributed by atoms with Gasteiger partial charge < -0.3 is 20.7 Å². The van der Waals surface area contributed by atoms with Crippen LogP contribution in [0.5, 0.6) is 0 Å². The van der Waals surface area contributed by atoms with Crippen molar-refractivity contribution >= 4 is 34.7 Å². The topological polar surface area (TPSA) is 106 Å². The Morgan fingerprint density at radius 1 is 0.973 bits per heavy atom. The van der Waals surface area contributed by atoms with E-state index < -0.39 is 23.1 Å². The van der Waals surface area contributed by atoms with E-state index in [1.807, 2.05) is 0 Å². The van der Waals surface area contributed by atoms with Gasteiger partial charge in [-0.2, -0.15) is 4.98 Å². The van der Waals surface area contributed by atoms with Crippen LogP contribution in [0.1, 0.15) is 51.0 Å². The van der Waals surface area contributed by atoms with E-state index >= 15 is 0 Å². The first-order valence-electron chi connectivity index (χ1n) is 12.8. The molecule has 1 atom stereocenters. The average molecular weight is 516 g/mol. The molecule has 12 heteroatoms. The van der Waals surface area contributed by atoms with E-state index in [2.05, 4.69) is 25.9 Å². The number of amides is 1. The molecular weight excluding hydrogens is 487 g/mol. The van der Waals surface area contributed by atoms with E-state index in [9.17, 15) is 18.0 Å². The Morgan fingerprint density at radius 2 is 1.70 bits per heavy atom. The van der Waals surface area contributed by atoms with Crippen molar-refractivity contribution < 1.29 is 22.7 Å². The molecular formula is C25H28F3N7O2. The van der Waals surface area contributed by atoms with Gasteiger partial charge >= 0.3 is 0 Å². The Labute approximate surface area is 211 Å². The Hall–Kier alpha value is -3.41. The highest BCUT2D eigenvalue weighted by Gasteiger charge is 2.31. The highest BCUT2D eigenvalue weighted by atomic mass is 19.1. The SMILES string of the molecule is O=C(NC1CC1)[C@H]1CC[C@H](Nc2ncc3nc(Nc4c(F)cc(F)cc4F)n([C@H]4CCOC4)c3n2)CC1. The van der Waals surface area contributed by atoms with Gasteiger partial charge in [0.2, 0.25) is 17.8 Å². The van der Waals surface area contributed by atoms with Gasteiger partial charge in [0, 0.05) is 36.7 Å². The number of nitrogens with one attached hydrogen (secondary N) is 3. The van der Waals surface area contributed by atoms with Crippen molar-refractivity contribution in [1.82, 2.24) is 24.8 Å². The van der Waals surface area contributed by atoms with Crippen LogP contribution in [-0.2, 0) is 9.53 Å². The first kappa shape index (κ1) is 24.0. The van der Waals surface area contributed by atoms with Gasteiger partial charge in [0.05, 0.1) is 18.8 Å². The van der Waals surface area contributed by atoms with Gasteiger partial charge in [-0.3, -0.25) is 9.36 Å². The fourth-order valence-electron chi connectivity index (χ4n) is 5.12. The molecule has 3 aliphatic rings. The number of fused-ring (bicyclic) bond motifs is 1. The number of benzene rings is 1. The van der Waals surface area contributed by atoms with Crippen LogP contribution in [0.15, 0.2) is 18.3 Å². The number of carbonyl (C=O) groups excluding carboxylic acids is 1. The lowest BCUT2D eigenvalue weighted by Crippen LogP contribution is -2.37. The molecule has 0 bridgehead atoms. The zero-order valence-electron chi connectivity index (χ0n) is 20.1. The molecule has 196 valence electrons. The molecule has 1 aliphatic heterocycles. The lowest BCUT2D eigenvalue weighted by Gasteiger charge is -2.28. The van der Waals surface area contributed by atoms with Crippen molar-refractivity contribution in [2.45, 2.75) is 63.1 Å². The Bertz CT molecular complexity index is 1290. The van der Waals surface area contributed by atoms with E-state index in [-0.39, 0.29) is 29.9 Å². The maximum atomic E-state index is 14.4. The van der Waals surface area contributed by atoms with Crippen LogP contribution in [0.25, 0.3) is 11.2 Å². The minimum atomic E-state index is -1.06. The summed E-state index contributed by atoms with van der Waals surface area (Å²) in [7, 11) is 0. The predicted molar refractivity (Wildman–Crippen MR) is 130 cm³/mol. The van der Waals surface area contributed by atoms with Gasteiger partial charge in [-0.15, -0.1) is 0 Å². The van der Waals surface area contributed by atoms with Crippen molar-refractivity contribution in [3.8, 4) is 0 Å². The Kier molecular flexibility index (Phi) is 6.35. The summed E-state index contributed by atoms with van der Waals surface area (Å²) < 4.78 is 49.4. The van der Waals surface area contributed by atoms with E-state index in [4.69, 9.17) is 9.72 Å². The smallest absolute Gasteiger partial charge is 0.224 e. The van der Waals surface area contributed by atoms with Gasteiger partial charge in [-0.25, -0.2) is 23.1 Å². The number of rotatable bonds is 7. The molecule has 1 aromatic carbocycles. The second-order valence-corrected chi connectivity index (χ2v) is 10.1. The van der Waals surface area contributed by atoms with Crippen LogP contribution >= 0.6 is 0 Å². The molecule has 1 amide bonds. The van der Waals surface area contributed by atoms with Crippen molar-refractivity contribution in [3.63, 3.8) is 0 Å². The van der Waals surface area contributed by atoms with Crippen molar-refractivity contribution in [1.29, 1.82) is 0 Å². The number of hydrogen-bond acceptors (Lipinski definition) is 7. The summed E-state index contributed by atoms with van der Waals surface area (Å²) in [6, 6.07) is 1.58. The summed E-state index contributed by atoms with van der Waals surface area (Å²) in [5.41, 5.74) is 0.449. The molecule has 6 rings (SSSR count). The molecule has 2 saturated carbocycles. The fraction of sp³-hybridized carbons (Fsp3) is 0.520. The summed E-state index contributed by atoms with van der Waals surface area (Å²) in [5, 5.41) is 9.16. The Morgan fingerprint density at radius 3 is 2.38 bits per heavy atom. The van der Waals surface area contributed by atoms with E-state index in [1.54, 1.807) is 10.8 Å². The summed E-state index contributed by atoms with van der Waals surface area (Å²) in [4.78, 5) is 25.9. The van der Waals surface area contributed by atoms with Crippen molar-refractivity contribution in [2.75, 3.05) is 23.8 Å². The second kappa shape index (κ2) is 9.81. The van der Waals surface area contributed by atoms with Gasteiger partial charge in [-0.1, -0.05) is 0 Å². The summed E-state index contributed by atoms with van der Waals surface area (Å²) in [6.07, 6.45) is 7.67. The fourth-order valence-corrected chi connectivity index (χ4v) is 5.12. The van der Waals surface area contributed by atoms with Crippen LogP contribution in [-0.4, -0.2) is 50.7 Å². The standard InChI is InChI=1S/C25H28F3N7O2/c26-14-9-18(27)21(19(28)10-14)33-25-32-20-11-29-24(34-22(20)35(25)17-7-8-37-12-17)31-16-3-1-13(2-4-16)23(36)30-15-5-6-15/h9-11,13,15-17H,1-8,12H2,(H,30,36)(H,32,33)(H,29,31,34)/t13-,16-,17-/m0/s1. The lowest BCUT2D eigenvalue weighted by atomic mass is 9.85. The molecule has 3 aromatic rings. The largest absolute Gasteiger partial charge is 0.379 e. The first-order valence-corrected chi connectivity index (χ1v) is 12.8. The van der Waals surface area contributed by atoms with E-state index in [0.29, 0.717) is 54.9 Å². The number of hydrogen-bond donors (Lipinski definition) is 3. The van der Waals surface area contributed by atoms with Gasteiger partial charge in [0.15, 0.2) is 17.3 Å². The number of halogens is 3. The zero-order chi connectivity index (χ0) is 25.5. The maximum absolute atomic E-state index is 14.4. The molecule has 0 spiro atoms. The lowest BCUT2D eigenvalue weighted by molar-refractivity contribution is -0.126. The molecule has 3 fully saturated rings. The monoisotopic (exact) mass is 515 g/mol. The third-order valence-corrected chi connectivity index (χ3v) is 7.30. The third-order valence-electron chi connectivity index (χ3n) is 7.30. The Balaban J connectivity index is 1.23. The van der Waals surface area contributed by atoms with Crippen LogP contribution in [0.3, 0.4) is 0 Å². The number of imidazole rings is 1. The zero-order valence-corrected chi connectivity index (χ0v) is 20.1. The van der Waals surface area contributed by atoms with Gasteiger partial charge in [0.25, 0.3) is 0 Å². The molecule has 37 heavy (non-hydrogen) atoms. The molecule has 0 unspecified atom stereocenters. The number of anilines is 3. The molecule has 2 aromatic heterocycles. The molecule has 0 radical (unpaired) electrons. The number of carbonyl (C=O) groups is 1. The molecule has 2 aliphatic carbocycles. The summed E-state index contributed by atoms with van der Waals surface area (Å²) >= 11 is 0. The van der Waals surface area contributed by atoms with Crippen molar-refractivity contribution in [2.24, 2.45) is 5.92 Å². The minimum absolute atomic E-state index is 0.0479. The molecule has 3 heterocycles. The normalized spacial score (nSPS) is 23.8. The van der Waals surface area contributed by atoms with E-state index in [1.165, 1.54) is 0 Å². The second-order valence-electron chi connectivity index (χ2n) is 10.1. The molecule has 1 saturated heterocycles. The minimum Gasteiger partial charge on any atom is -0.379 e. The third kappa shape index (κ3) is 5.07. The van der Waals surface area contributed by atoms with Gasteiger partial charge in [-0.05, 0) is 44.9 Å². The van der Waals surface area contributed by atoms with Crippen LogP contribution in [0.4, 0.5) is 30.8 Å². The maximum Gasteiger partial charge on any atom is 0.224 e. The molecule has 3 N–H and O–H groups in total. The highest BCUT2D eigenvalue weighted by Crippen LogP contribution is 2.33. The predicted octanol–water partition coefficient (Wildman–Crippen LogP) is 4.20. The van der Waals surface area contributed by atoms with Crippen LogP contribution < -0.4 is 16.0 Å². The van der Waals surface area contributed by atoms with Crippen LogP contribution in [0, 0.1) is 23.4 Å². The first-order chi connectivity index (χ1) is 17.9. The van der Waals surface area contributed by atoms with E-state index in [0.717, 1.165) is 38.5 Å². The quantitative estimate of drug-likeness (QED) is 0.433. The van der Waals surface area contributed by atoms with Crippen LogP contribution in [0.2, 0.25) is 0 Å². The average Bonchev–Trinajstić information content (AvgIpc) is 3.38. The summed E-state index contributed by atoms with van der Waals surface area (Å²) in [6.45, 7) is 0.936. The highest BCUT2D eigenvalue weighted by molar-refractivity contribution is 5.79. The number of aromatic nitrogens is 4. The van der Waals surface area contributed by atoms with Crippen molar-refractivity contribution in [3.05, 3.63) is 35.8 Å².